The normalized spacial score (nSPS) is 14.3. The van der Waals surface area contributed by atoms with Crippen LogP contribution in [-0.4, -0.2) is 36.5 Å². The lowest BCUT2D eigenvalue weighted by Gasteiger charge is -2.15. The molecule has 0 unspecified atom stereocenters. The van der Waals surface area contributed by atoms with E-state index in [0.717, 1.165) is 35.6 Å². The van der Waals surface area contributed by atoms with Crippen molar-refractivity contribution in [2.75, 3.05) is 25.1 Å². The number of nitrogens with one attached hydrogen (secondary N) is 1. The number of carbonyl (C=O) groups is 2. The largest absolute Gasteiger partial charge is 0.381 e. The predicted octanol–water partition coefficient (Wildman–Crippen LogP) is 4.46. The fourth-order valence-corrected chi connectivity index (χ4v) is 3.85. The third-order valence-corrected chi connectivity index (χ3v) is 5.42. The Balaban J connectivity index is 1.76. The minimum atomic E-state index is -0.275. The first-order chi connectivity index (χ1) is 13.6. The molecule has 1 aliphatic heterocycles. The van der Waals surface area contributed by atoms with Crippen LogP contribution < -0.4 is 5.32 Å². The Morgan fingerprint density at radius 2 is 1.89 bits per heavy atom. The topological polar surface area (TPSA) is 58.6 Å². The fourth-order valence-electron chi connectivity index (χ4n) is 3.08. The maximum absolute atomic E-state index is 13.0. The van der Waals surface area contributed by atoms with Gasteiger partial charge in [-0.3, -0.25) is 14.5 Å². The smallest absolute Gasteiger partial charge is 0.278 e. The molecular formula is C22H26N2O3S. The maximum atomic E-state index is 13.0. The molecular weight excluding hydrogens is 372 g/mol. The number of amides is 2. The van der Waals surface area contributed by atoms with Crippen molar-refractivity contribution in [2.24, 2.45) is 0 Å². The van der Waals surface area contributed by atoms with Gasteiger partial charge in [0, 0.05) is 30.3 Å². The van der Waals surface area contributed by atoms with E-state index < -0.39 is 0 Å². The second-order valence-corrected chi connectivity index (χ2v) is 7.75. The summed E-state index contributed by atoms with van der Waals surface area (Å²) in [5, 5.41) is 5.10. The minimum absolute atomic E-state index is 0.240. The fraction of sp³-hybridized carbons (Fsp3) is 0.364. The third-order valence-electron chi connectivity index (χ3n) is 4.54. The zero-order chi connectivity index (χ0) is 19.9. The van der Waals surface area contributed by atoms with Crippen molar-refractivity contribution in [3.63, 3.8) is 0 Å². The van der Waals surface area contributed by atoms with E-state index >= 15 is 0 Å². The van der Waals surface area contributed by atoms with Crippen LogP contribution in [0, 0.1) is 6.92 Å². The number of carbonyl (C=O) groups excluding carboxylic acids is 2. The zero-order valence-electron chi connectivity index (χ0n) is 16.4. The van der Waals surface area contributed by atoms with Gasteiger partial charge in [0.15, 0.2) is 0 Å². The van der Waals surface area contributed by atoms with E-state index in [1.807, 2.05) is 48.7 Å². The van der Waals surface area contributed by atoms with Crippen molar-refractivity contribution in [1.82, 2.24) is 4.90 Å². The van der Waals surface area contributed by atoms with Crippen LogP contribution in [-0.2, 0) is 14.3 Å². The molecule has 0 spiro atoms. The van der Waals surface area contributed by atoms with Crippen molar-refractivity contribution in [3.8, 4) is 0 Å². The van der Waals surface area contributed by atoms with Crippen molar-refractivity contribution in [1.29, 1.82) is 0 Å². The quantitative estimate of drug-likeness (QED) is 0.474. The van der Waals surface area contributed by atoms with E-state index in [-0.39, 0.29) is 11.8 Å². The first kappa shape index (κ1) is 20.3. The molecule has 2 amide bonds. The Hall–Kier alpha value is -2.44. The number of nitrogens with zero attached hydrogens (tertiary/aromatic N) is 1. The van der Waals surface area contributed by atoms with Crippen LogP contribution in [0.25, 0.3) is 5.57 Å². The SMILES string of the molecule is CCCCOCCCN1C(=O)C(Nc2cccc(C)c2)=C(c2cccs2)C1=O. The molecule has 1 aliphatic rings. The molecule has 148 valence electrons. The standard InChI is InChI=1S/C22H26N2O3S/c1-3-4-12-27-13-7-11-24-21(25)19(18-10-6-14-28-18)20(22(24)26)23-17-9-5-8-16(2)15-17/h5-6,8-10,14-15,23H,3-4,7,11-13H2,1-2H3. The molecule has 5 nitrogen and oxygen atoms in total. The molecule has 0 radical (unpaired) electrons. The molecule has 0 aliphatic carbocycles. The second kappa shape index (κ2) is 9.66. The van der Waals surface area contributed by atoms with Crippen LogP contribution in [0.1, 0.15) is 36.6 Å². The number of unbranched alkanes of at least 4 members (excludes halogenated alkanes) is 1. The van der Waals surface area contributed by atoms with Crippen LogP contribution in [0.15, 0.2) is 47.5 Å². The molecule has 1 aromatic carbocycles. The van der Waals surface area contributed by atoms with Gasteiger partial charge in [-0.25, -0.2) is 0 Å². The van der Waals surface area contributed by atoms with Gasteiger partial charge in [-0.2, -0.15) is 0 Å². The van der Waals surface area contributed by atoms with E-state index in [4.69, 9.17) is 4.74 Å². The van der Waals surface area contributed by atoms with Gasteiger partial charge in [0.25, 0.3) is 11.8 Å². The lowest BCUT2D eigenvalue weighted by Crippen LogP contribution is -2.34. The lowest BCUT2D eigenvalue weighted by molar-refractivity contribution is -0.137. The zero-order valence-corrected chi connectivity index (χ0v) is 17.2. The summed E-state index contributed by atoms with van der Waals surface area (Å²) in [5.74, 6) is -0.514. The summed E-state index contributed by atoms with van der Waals surface area (Å²) < 4.78 is 5.56. The first-order valence-corrected chi connectivity index (χ1v) is 10.6. The summed E-state index contributed by atoms with van der Waals surface area (Å²) in [4.78, 5) is 28.2. The highest BCUT2D eigenvalue weighted by atomic mass is 32.1. The number of ether oxygens (including phenoxy) is 1. The van der Waals surface area contributed by atoms with Gasteiger partial charge < -0.3 is 10.1 Å². The molecule has 1 aromatic heterocycles. The molecule has 1 N–H and O–H groups in total. The summed E-state index contributed by atoms with van der Waals surface area (Å²) in [7, 11) is 0. The predicted molar refractivity (Wildman–Crippen MR) is 113 cm³/mol. The van der Waals surface area contributed by atoms with Crippen molar-refractivity contribution in [3.05, 3.63) is 57.9 Å². The number of hydrogen-bond acceptors (Lipinski definition) is 5. The van der Waals surface area contributed by atoms with Gasteiger partial charge in [-0.15, -0.1) is 11.3 Å². The van der Waals surface area contributed by atoms with Crippen molar-refractivity contribution >= 4 is 34.4 Å². The monoisotopic (exact) mass is 398 g/mol. The average Bonchev–Trinajstić information content (AvgIpc) is 3.27. The van der Waals surface area contributed by atoms with Crippen LogP contribution in [0.4, 0.5) is 5.69 Å². The third kappa shape index (κ3) is 4.69. The molecule has 0 fully saturated rings. The van der Waals surface area contributed by atoms with Crippen molar-refractivity contribution in [2.45, 2.75) is 33.1 Å². The van der Waals surface area contributed by atoms with Crippen LogP contribution in [0.5, 0.6) is 0 Å². The van der Waals surface area contributed by atoms with Gasteiger partial charge in [0.05, 0.1) is 5.57 Å². The van der Waals surface area contributed by atoms with Gasteiger partial charge in [-0.05, 0) is 48.9 Å². The molecule has 3 rings (SSSR count). The van der Waals surface area contributed by atoms with E-state index in [1.165, 1.54) is 16.2 Å². The highest BCUT2D eigenvalue weighted by Gasteiger charge is 2.39. The van der Waals surface area contributed by atoms with E-state index in [9.17, 15) is 9.59 Å². The van der Waals surface area contributed by atoms with Crippen LogP contribution in [0.2, 0.25) is 0 Å². The summed E-state index contributed by atoms with van der Waals surface area (Å²) in [6.45, 7) is 5.73. The molecule has 2 aromatic rings. The van der Waals surface area contributed by atoms with E-state index in [0.29, 0.717) is 30.8 Å². The number of thiophene rings is 1. The minimum Gasteiger partial charge on any atom is -0.381 e. The molecule has 2 heterocycles. The number of benzene rings is 1. The highest BCUT2D eigenvalue weighted by molar-refractivity contribution is 7.11. The Labute approximate surface area is 170 Å². The molecule has 0 saturated carbocycles. The van der Waals surface area contributed by atoms with Gasteiger partial charge in [0.1, 0.15) is 5.70 Å². The number of hydrogen-bond donors (Lipinski definition) is 1. The number of imide groups is 1. The molecule has 0 atom stereocenters. The van der Waals surface area contributed by atoms with Gasteiger partial charge >= 0.3 is 0 Å². The lowest BCUT2D eigenvalue weighted by atomic mass is 10.1. The Kier molecular flexibility index (Phi) is 7.01. The summed E-state index contributed by atoms with van der Waals surface area (Å²) >= 11 is 1.46. The summed E-state index contributed by atoms with van der Waals surface area (Å²) in [5.41, 5.74) is 2.69. The average molecular weight is 399 g/mol. The van der Waals surface area contributed by atoms with Crippen LogP contribution in [0.3, 0.4) is 0 Å². The summed E-state index contributed by atoms with van der Waals surface area (Å²) in [6, 6.07) is 11.5. The Morgan fingerprint density at radius 3 is 2.61 bits per heavy atom. The van der Waals surface area contributed by atoms with Crippen molar-refractivity contribution < 1.29 is 14.3 Å². The maximum Gasteiger partial charge on any atom is 0.278 e. The highest BCUT2D eigenvalue weighted by Crippen LogP contribution is 2.33. The molecule has 6 heteroatoms. The summed E-state index contributed by atoms with van der Waals surface area (Å²) in [6.07, 6.45) is 2.75. The molecule has 28 heavy (non-hydrogen) atoms. The Morgan fingerprint density at radius 1 is 1.07 bits per heavy atom. The second-order valence-electron chi connectivity index (χ2n) is 6.80. The van der Waals surface area contributed by atoms with Gasteiger partial charge in [0.2, 0.25) is 0 Å². The number of aryl methyl sites for hydroxylation is 1. The number of anilines is 1. The molecule has 0 saturated heterocycles. The molecule has 0 bridgehead atoms. The van der Waals surface area contributed by atoms with Crippen LogP contribution >= 0.6 is 11.3 Å². The van der Waals surface area contributed by atoms with E-state index in [1.54, 1.807) is 0 Å². The number of rotatable bonds is 10. The Bertz CT molecular complexity index is 858. The van der Waals surface area contributed by atoms with Gasteiger partial charge in [-0.1, -0.05) is 31.5 Å². The first-order valence-electron chi connectivity index (χ1n) is 9.67. The van der Waals surface area contributed by atoms with E-state index in [2.05, 4.69) is 12.2 Å².